The van der Waals surface area contributed by atoms with Crippen LogP contribution in [0.1, 0.15) is 25.0 Å². The summed E-state index contributed by atoms with van der Waals surface area (Å²) in [6, 6.07) is 4.63. The molecule has 0 spiro atoms. The number of ether oxygens (including phenoxy) is 1. The zero-order valence-electron chi connectivity index (χ0n) is 13.5. The minimum Gasteiger partial charge on any atom is -0.467 e. The van der Waals surface area contributed by atoms with Crippen LogP contribution in [0.4, 0.5) is 10.5 Å². The van der Waals surface area contributed by atoms with E-state index in [1.807, 2.05) is 18.2 Å². The quantitative estimate of drug-likeness (QED) is 0.809. The van der Waals surface area contributed by atoms with Crippen molar-refractivity contribution in [1.29, 1.82) is 0 Å². The summed E-state index contributed by atoms with van der Waals surface area (Å²) in [5.41, 5.74) is 2.97. The summed E-state index contributed by atoms with van der Waals surface area (Å²) in [7, 11) is 1.27. The van der Waals surface area contributed by atoms with Gasteiger partial charge in [0, 0.05) is 25.7 Å². The number of nitrogens with zero attached hydrogens (tertiary/aromatic N) is 1. The van der Waals surface area contributed by atoms with E-state index in [0.29, 0.717) is 13.1 Å². The normalized spacial score (nSPS) is 14.0. The van der Waals surface area contributed by atoms with Gasteiger partial charge in [-0.3, -0.25) is 4.79 Å². The molecule has 7 nitrogen and oxygen atoms in total. The largest absolute Gasteiger partial charge is 0.467 e. The molecule has 0 radical (unpaired) electrons. The van der Waals surface area contributed by atoms with Gasteiger partial charge in [-0.15, -0.1) is 0 Å². The van der Waals surface area contributed by atoms with Gasteiger partial charge >= 0.3 is 12.0 Å². The predicted molar refractivity (Wildman–Crippen MR) is 85.0 cm³/mol. The van der Waals surface area contributed by atoms with Crippen molar-refractivity contribution in [2.45, 2.75) is 32.9 Å². The van der Waals surface area contributed by atoms with Crippen LogP contribution >= 0.6 is 0 Å². The lowest BCUT2D eigenvalue weighted by molar-refractivity contribution is -0.142. The molecule has 0 aromatic heterocycles. The number of urea groups is 1. The minimum atomic E-state index is -0.704. The third kappa shape index (κ3) is 4.00. The number of carbonyl (C=O) groups is 3. The van der Waals surface area contributed by atoms with E-state index in [4.69, 9.17) is 0 Å². The first kappa shape index (κ1) is 16.8. The number of anilines is 1. The first-order valence-electron chi connectivity index (χ1n) is 7.44. The van der Waals surface area contributed by atoms with Gasteiger partial charge in [0.15, 0.2) is 0 Å². The van der Waals surface area contributed by atoms with Crippen molar-refractivity contribution in [3.05, 3.63) is 29.3 Å². The molecule has 0 saturated heterocycles. The van der Waals surface area contributed by atoms with Gasteiger partial charge in [0.05, 0.1) is 7.11 Å². The number of hydrogen-bond acceptors (Lipinski definition) is 4. The molecule has 0 saturated carbocycles. The lowest BCUT2D eigenvalue weighted by Gasteiger charge is -2.15. The summed E-state index contributed by atoms with van der Waals surface area (Å²) in [5.74, 6) is -0.465. The standard InChI is InChI=1S/C16H21N3O4/c1-10(15(21)23-3)18-16(22)17-9-12-4-5-14-13(8-12)6-7-19(14)11(2)20/h4-5,8,10H,6-7,9H2,1-3H3,(H2,17,18,22). The average molecular weight is 319 g/mol. The van der Waals surface area contributed by atoms with E-state index in [0.717, 1.165) is 23.2 Å². The number of carbonyl (C=O) groups excluding carboxylic acids is 3. The second-order valence-corrected chi connectivity index (χ2v) is 5.46. The van der Waals surface area contributed by atoms with Gasteiger partial charge in [-0.05, 0) is 30.5 Å². The molecule has 1 unspecified atom stereocenters. The molecular weight excluding hydrogens is 298 g/mol. The molecule has 1 aliphatic heterocycles. The van der Waals surface area contributed by atoms with Crippen molar-refractivity contribution >= 4 is 23.6 Å². The Bertz CT molecular complexity index is 630. The Balaban J connectivity index is 1.91. The second kappa shape index (κ2) is 7.13. The Labute approximate surface area is 135 Å². The number of fused-ring (bicyclic) bond motifs is 1. The molecule has 1 aromatic rings. The fraction of sp³-hybridized carbons (Fsp3) is 0.438. The number of hydrogen-bond donors (Lipinski definition) is 2. The van der Waals surface area contributed by atoms with E-state index >= 15 is 0 Å². The molecule has 1 aliphatic rings. The smallest absolute Gasteiger partial charge is 0.328 e. The van der Waals surface area contributed by atoms with Crippen molar-refractivity contribution in [3.63, 3.8) is 0 Å². The lowest BCUT2D eigenvalue weighted by atomic mass is 10.1. The Morgan fingerprint density at radius 3 is 2.74 bits per heavy atom. The molecule has 23 heavy (non-hydrogen) atoms. The van der Waals surface area contributed by atoms with Crippen LogP contribution in [0.25, 0.3) is 0 Å². The van der Waals surface area contributed by atoms with Crippen molar-refractivity contribution in [3.8, 4) is 0 Å². The van der Waals surface area contributed by atoms with Gasteiger partial charge in [-0.2, -0.15) is 0 Å². The zero-order valence-corrected chi connectivity index (χ0v) is 13.5. The van der Waals surface area contributed by atoms with Crippen molar-refractivity contribution in [1.82, 2.24) is 10.6 Å². The summed E-state index contributed by atoms with van der Waals surface area (Å²) >= 11 is 0. The third-order valence-corrected chi connectivity index (χ3v) is 3.77. The highest BCUT2D eigenvalue weighted by Crippen LogP contribution is 2.28. The molecule has 1 aromatic carbocycles. The highest BCUT2D eigenvalue weighted by molar-refractivity contribution is 5.93. The molecule has 7 heteroatoms. The maximum absolute atomic E-state index is 11.7. The van der Waals surface area contributed by atoms with Gasteiger partial charge in [0.1, 0.15) is 6.04 Å². The fourth-order valence-corrected chi connectivity index (χ4v) is 2.56. The number of esters is 1. The van der Waals surface area contributed by atoms with Crippen LogP contribution in [0.2, 0.25) is 0 Å². The van der Waals surface area contributed by atoms with E-state index in [1.165, 1.54) is 7.11 Å². The van der Waals surface area contributed by atoms with Crippen molar-refractivity contribution < 1.29 is 19.1 Å². The Morgan fingerprint density at radius 2 is 2.09 bits per heavy atom. The molecule has 1 heterocycles. The number of rotatable bonds is 4. The fourth-order valence-electron chi connectivity index (χ4n) is 2.56. The first-order valence-corrected chi connectivity index (χ1v) is 7.44. The van der Waals surface area contributed by atoms with E-state index < -0.39 is 18.0 Å². The van der Waals surface area contributed by atoms with Crippen molar-refractivity contribution in [2.24, 2.45) is 0 Å². The number of methoxy groups -OCH3 is 1. The summed E-state index contributed by atoms with van der Waals surface area (Å²) in [4.78, 5) is 36.2. The molecule has 124 valence electrons. The van der Waals surface area contributed by atoms with E-state index in [9.17, 15) is 14.4 Å². The van der Waals surface area contributed by atoms with Gasteiger partial charge in [0.25, 0.3) is 0 Å². The zero-order chi connectivity index (χ0) is 17.0. The van der Waals surface area contributed by atoms with Crippen LogP contribution in [0, 0.1) is 0 Å². The maximum atomic E-state index is 11.7. The van der Waals surface area contributed by atoms with Gasteiger partial charge in [-0.25, -0.2) is 9.59 Å². The van der Waals surface area contributed by atoms with Crippen LogP contribution < -0.4 is 15.5 Å². The van der Waals surface area contributed by atoms with Crippen LogP contribution in [0.5, 0.6) is 0 Å². The molecule has 0 aliphatic carbocycles. The molecule has 2 rings (SSSR count). The third-order valence-electron chi connectivity index (χ3n) is 3.77. The Kier molecular flexibility index (Phi) is 5.20. The molecular formula is C16H21N3O4. The molecule has 0 bridgehead atoms. The van der Waals surface area contributed by atoms with Gasteiger partial charge in [0.2, 0.25) is 5.91 Å². The molecule has 3 amide bonds. The summed E-state index contributed by atoms with van der Waals surface area (Å²) in [6.07, 6.45) is 0.814. The number of amides is 3. The maximum Gasteiger partial charge on any atom is 0.328 e. The Hall–Kier alpha value is -2.57. The van der Waals surface area contributed by atoms with Crippen LogP contribution in [0.15, 0.2) is 18.2 Å². The molecule has 1 atom stereocenters. The van der Waals surface area contributed by atoms with E-state index in [2.05, 4.69) is 15.4 Å². The summed E-state index contributed by atoms with van der Waals surface area (Å²) < 4.78 is 4.54. The number of benzene rings is 1. The monoisotopic (exact) mass is 319 g/mol. The van der Waals surface area contributed by atoms with Crippen LogP contribution in [-0.4, -0.2) is 37.6 Å². The van der Waals surface area contributed by atoms with Crippen LogP contribution in [0.3, 0.4) is 0 Å². The summed E-state index contributed by atoms with van der Waals surface area (Å²) in [5, 5.41) is 5.19. The molecule has 2 N–H and O–H groups in total. The van der Waals surface area contributed by atoms with E-state index in [-0.39, 0.29) is 5.91 Å². The van der Waals surface area contributed by atoms with Crippen LogP contribution in [-0.2, 0) is 27.3 Å². The second-order valence-electron chi connectivity index (χ2n) is 5.46. The predicted octanol–water partition coefficient (Wildman–Crippen LogP) is 0.956. The van der Waals surface area contributed by atoms with Gasteiger partial charge in [-0.1, -0.05) is 12.1 Å². The van der Waals surface area contributed by atoms with Crippen molar-refractivity contribution in [2.75, 3.05) is 18.6 Å². The SMILES string of the molecule is COC(=O)C(C)NC(=O)NCc1ccc2c(c1)CCN2C(C)=O. The minimum absolute atomic E-state index is 0.0331. The summed E-state index contributed by atoms with van der Waals surface area (Å²) in [6.45, 7) is 4.14. The first-order chi connectivity index (χ1) is 10.9. The topological polar surface area (TPSA) is 87.7 Å². The Morgan fingerprint density at radius 1 is 1.35 bits per heavy atom. The van der Waals surface area contributed by atoms with E-state index in [1.54, 1.807) is 18.7 Å². The number of nitrogens with one attached hydrogen (secondary N) is 2. The average Bonchev–Trinajstić information content (AvgIpc) is 2.95. The lowest BCUT2D eigenvalue weighted by Crippen LogP contribution is -2.44. The highest BCUT2D eigenvalue weighted by atomic mass is 16.5. The highest BCUT2D eigenvalue weighted by Gasteiger charge is 2.22. The molecule has 0 fully saturated rings. The van der Waals surface area contributed by atoms with Gasteiger partial charge < -0.3 is 20.3 Å².